The summed E-state index contributed by atoms with van der Waals surface area (Å²) < 4.78 is 3.90. The fourth-order valence-corrected chi connectivity index (χ4v) is 2.57. The second-order valence-electron chi connectivity index (χ2n) is 2.28. The predicted molar refractivity (Wildman–Crippen MR) is 53.0 cm³/mol. The quantitative estimate of drug-likeness (QED) is 0.732. The molecule has 5 heteroatoms. The highest BCUT2D eigenvalue weighted by atomic mass is 35.5. The molecule has 2 rings (SSSR count). The third-order valence-corrected chi connectivity index (χ3v) is 3.51. The molecule has 0 unspecified atom stereocenters. The van der Waals surface area contributed by atoms with Crippen LogP contribution in [0.4, 0.5) is 0 Å². The van der Waals surface area contributed by atoms with Crippen molar-refractivity contribution in [3.05, 3.63) is 22.3 Å². The van der Waals surface area contributed by atoms with E-state index in [9.17, 15) is 0 Å². The van der Waals surface area contributed by atoms with E-state index in [0.717, 1.165) is 9.88 Å². The minimum atomic E-state index is 0.334. The van der Waals surface area contributed by atoms with E-state index in [1.165, 1.54) is 16.4 Å². The average Bonchev–Trinajstić information content (AvgIpc) is 2.58. The number of hydrogen-bond donors (Lipinski definition) is 0. The van der Waals surface area contributed by atoms with Crippen molar-refractivity contribution in [2.45, 2.75) is 6.92 Å². The largest absolute Gasteiger partial charge is 0.234 e. The molecular weight excluding hydrogens is 212 g/mol. The summed E-state index contributed by atoms with van der Waals surface area (Å²) in [7, 11) is 0. The van der Waals surface area contributed by atoms with Gasteiger partial charge < -0.3 is 0 Å². The minimum Gasteiger partial charge on any atom is -0.204 e. The molecular formula is C7H5ClN2S2. The van der Waals surface area contributed by atoms with Crippen LogP contribution in [0.25, 0.3) is 9.88 Å². The summed E-state index contributed by atoms with van der Waals surface area (Å²) in [6.07, 6.45) is 0. The van der Waals surface area contributed by atoms with Crippen LogP contribution in [-0.2, 0) is 0 Å². The second-order valence-corrected chi connectivity index (χ2v) is 4.66. The zero-order chi connectivity index (χ0) is 8.55. The highest BCUT2D eigenvalue weighted by Gasteiger charge is 2.05. The molecule has 2 nitrogen and oxygen atoms in total. The first-order chi connectivity index (χ1) is 5.75. The van der Waals surface area contributed by atoms with E-state index < -0.39 is 0 Å². The number of rotatable bonds is 1. The van der Waals surface area contributed by atoms with E-state index in [2.05, 4.69) is 22.3 Å². The van der Waals surface area contributed by atoms with Gasteiger partial charge in [0.15, 0.2) is 5.01 Å². The van der Waals surface area contributed by atoms with Gasteiger partial charge in [-0.05, 0) is 42.2 Å². The van der Waals surface area contributed by atoms with Gasteiger partial charge in [0, 0.05) is 4.88 Å². The van der Waals surface area contributed by atoms with Gasteiger partial charge in [0.25, 0.3) is 0 Å². The molecule has 12 heavy (non-hydrogen) atoms. The van der Waals surface area contributed by atoms with Crippen molar-refractivity contribution in [3.8, 4) is 9.88 Å². The predicted octanol–water partition coefficient (Wildman–Crippen LogP) is 3.23. The lowest BCUT2D eigenvalue weighted by molar-refractivity contribution is 1.34. The van der Waals surface area contributed by atoms with Crippen molar-refractivity contribution >= 4 is 34.5 Å². The lowest BCUT2D eigenvalue weighted by Crippen LogP contribution is -1.66. The van der Waals surface area contributed by atoms with Gasteiger partial charge in [0.1, 0.15) is 0 Å². The molecule has 0 aliphatic heterocycles. The van der Waals surface area contributed by atoms with Crippen LogP contribution in [-0.4, -0.2) is 9.36 Å². The number of aryl methyl sites for hydroxylation is 1. The molecule has 0 saturated carbocycles. The number of nitrogens with zero attached hydrogens (tertiary/aromatic N) is 2. The van der Waals surface area contributed by atoms with Crippen LogP contribution in [0.3, 0.4) is 0 Å². The molecule has 0 aromatic carbocycles. The van der Waals surface area contributed by atoms with E-state index in [0.29, 0.717) is 5.28 Å². The van der Waals surface area contributed by atoms with E-state index >= 15 is 0 Å². The summed E-state index contributed by atoms with van der Waals surface area (Å²) in [4.78, 5) is 6.49. The summed E-state index contributed by atoms with van der Waals surface area (Å²) in [5.74, 6) is 0. The Balaban J connectivity index is 2.43. The van der Waals surface area contributed by atoms with Gasteiger partial charge in [-0.15, -0.1) is 11.3 Å². The Labute approximate surface area is 83.0 Å². The molecule has 0 atom stereocenters. The van der Waals surface area contributed by atoms with E-state index in [-0.39, 0.29) is 0 Å². The first kappa shape index (κ1) is 8.16. The van der Waals surface area contributed by atoms with E-state index in [1.54, 1.807) is 11.3 Å². The van der Waals surface area contributed by atoms with Crippen LogP contribution in [0.1, 0.15) is 4.88 Å². The van der Waals surface area contributed by atoms with E-state index in [1.807, 2.05) is 6.07 Å². The molecule has 0 aliphatic rings. The van der Waals surface area contributed by atoms with Gasteiger partial charge in [0.05, 0.1) is 4.88 Å². The molecule has 0 spiro atoms. The van der Waals surface area contributed by atoms with Gasteiger partial charge in [-0.2, -0.15) is 4.37 Å². The summed E-state index contributed by atoms with van der Waals surface area (Å²) in [5, 5.41) is 1.24. The maximum absolute atomic E-state index is 5.61. The normalized spacial score (nSPS) is 10.5. The third-order valence-electron chi connectivity index (χ3n) is 1.35. The molecule has 62 valence electrons. The summed E-state index contributed by atoms with van der Waals surface area (Å²) in [6, 6.07) is 4.10. The molecule has 0 amide bonds. The Morgan fingerprint density at radius 2 is 2.25 bits per heavy atom. The summed E-state index contributed by atoms with van der Waals surface area (Å²) in [5.41, 5.74) is 0. The van der Waals surface area contributed by atoms with Crippen molar-refractivity contribution in [2.24, 2.45) is 0 Å². The average molecular weight is 217 g/mol. The van der Waals surface area contributed by atoms with Crippen LogP contribution in [0, 0.1) is 6.92 Å². The Bertz CT molecular complexity index is 355. The fraction of sp³-hybridized carbons (Fsp3) is 0.143. The SMILES string of the molecule is Cc1ccc(-c2nc(Cl)ns2)s1. The molecule has 2 aromatic rings. The zero-order valence-corrected chi connectivity index (χ0v) is 8.63. The van der Waals surface area contributed by atoms with Crippen molar-refractivity contribution < 1.29 is 0 Å². The lowest BCUT2D eigenvalue weighted by atomic mass is 10.4. The van der Waals surface area contributed by atoms with Crippen LogP contribution in [0.15, 0.2) is 12.1 Å². The topological polar surface area (TPSA) is 25.8 Å². The first-order valence-electron chi connectivity index (χ1n) is 3.32. The number of halogens is 1. The molecule has 0 saturated heterocycles. The Morgan fingerprint density at radius 3 is 2.75 bits per heavy atom. The fourth-order valence-electron chi connectivity index (χ4n) is 0.855. The number of hydrogen-bond acceptors (Lipinski definition) is 4. The molecule has 0 fully saturated rings. The van der Waals surface area contributed by atoms with Crippen LogP contribution in [0.5, 0.6) is 0 Å². The first-order valence-corrected chi connectivity index (χ1v) is 5.28. The van der Waals surface area contributed by atoms with Gasteiger partial charge >= 0.3 is 0 Å². The van der Waals surface area contributed by atoms with Crippen molar-refractivity contribution in [3.63, 3.8) is 0 Å². The minimum absolute atomic E-state index is 0.334. The maximum Gasteiger partial charge on any atom is 0.234 e. The monoisotopic (exact) mass is 216 g/mol. The summed E-state index contributed by atoms with van der Waals surface area (Å²) >= 11 is 8.65. The van der Waals surface area contributed by atoms with Gasteiger partial charge in [-0.25, -0.2) is 4.98 Å². The van der Waals surface area contributed by atoms with Crippen molar-refractivity contribution in [1.29, 1.82) is 0 Å². The zero-order valence-electron chi connectivity index (χ0n) is 6.24. The Morgan fingerprint density at radius 1 is 1.42 bits per heavy atom. The highest BCUT2D eigenvalue weighted by Crippen LogP contribution is 2.29. The smallest absolute Gasteiger partial charge is 0.204 e. The molecule has 0 bridgehead atoms. The Hall–Kier alpha value is -0.450. The highest BCUT2D eigenvalue weighted by molar-refractivity contribution is 7.19. The van der Waals surface area contributed by atoms with Gasteiger partial charge in [0.2, 0.25) is 5.28 Å². The maximum atomic E-state index is 5.61. The second kappa shape index (κ2) is 3.12. The molecule has 2 heterocycles. The Kier molecular flexibility index (Phi) is 2.12. The van der Waals surface area contributed by atoms with Crippen LogP contribution < -0.4 is 0 Å². The van der Waals surface area contributed by atoms with Crippen LogP contribution in [0.2, 0.25) is 5.28 Å². The number of aromatic nitrogens is 2. The standard InChI is InChI=1S/C7H5ClN2S2/c1-4-2-3-5(11-4)6-9-7(8)10-12-6/h2-3H,1H3. The molecule has 2 aromatic heterocycles. The van der Waals surface area contributed by atoms with Crippen molar-refractivity contribution in [2.75, 3.05) is 0 Å². The van der Waals surface area contributed by atoms with Gasteiger partial charge in [-0.1, -0.05) is 0 Å². The number of thiophene rings is 1. The molecule has 0 radical (unpaired) electrons. The van der Waals surface area contributed by atoms with Gasteiger partial charge in [-0.3, -0.25) is 0 Å². The van der Waals surface area contributed by atoms with E-state index in [4.69, 9.17) is 11.6 Å². The lowest BCUT2D eigenvalue weighted by Gasteiger charge is -1.83. The molecule has 0 aliphatic carbocycles. The van der Waals surface area contributed by atoms with Crippen LogP contribution >= 0.6 is 34.5 Å². The molecule has 0 N–H and O–H groups in total. The summed E-state index contributed by atoms with van der Waals surface area (Å²) in [6.45, 7) is 2.07. The third kappa shape index (κ3) is 1.50. The van der Waals surface area contributed by atoms with Crippen molar-refractivity contribution in [1.82, 2.24) is 9.36 Å².